The highest BCUT2D eigenvalue weighted by atomic mass is 16.6. The first-order chi connectivity index (χ1) is 35.0. The Balaban J connectivity index is 4.49. The maximum atomic E-state index is 12.9. The molecule has 0 aromatic heterocycles. The van der Waals surface area contributed by atoms with Crippen LogP contribution in [0.4, 0.5) is 0 Å². The molecule has 0 N–H and O–H groups in total. The van der Waals surface area contributed by atoms with E-state index in [1.54, 1.807) is 0 Å². The van der Waals surface area contributed by atoms with Gasteiger partial charge in [-0.2, -0.15) is 0 Å². The molecule has 0 aromatic carbocycles. The second kappa shape index (κ2) is 59.2. The number of esters is 3. The second-order valence-electron chi connectivity index (χ2n) is 20.0. The van der Waals surface area contributed by atoms with E-state index in [1.165, 1.54) is 154 Å². The van der Waals surface area contributed by atoms with Gasteiger partial charge in [-0.15, -0.1) is 0 Å². The van der Waals surface area contributed by atoms with Crippen LogP contribution < -0.4 is 0 Å². The number of unbranched alkanes of at least 4 members (excludes halogenated alkanes) is 31. The number of allylic oxidation sites excluding steroid dienone is 14. The van der Waals surface area contributed by atoms with Gasteiger partial charge in [-0.05, 0) is 83.5 Å². The third-order valence-corrected chi connectivity index (χ3v) is 12.9. The quantitative estimate of drug-likeness (QED) is 0.0199. The summed E-state index contributed by atoms with van der Waals surface area (Å²) >= 11 is 0. The van der Waals surface area contributed by atoms with Gasteiger partial charge in [0.25, 0.3) is 0 Å². The first-order valence-corrected chi connectivity index (χ1v) is 30.1. The number of ether oxygens (including phenoxy) is 3. The summed E-state index contributed by atoms with van der Waals surface area (Å²) in [6, 6.07) is 0. The van der Waals surface area contributed by atoms with Gasteiger partial charge in [-0.1, -0.05) is 273 Å². The van der Waals surface area contributed by atoms with Crippen molar-refractivity contribution in [1.82, 2.24) is 0 Å². The monoisotopic (exact) mass is 989 g/mol. The molecule has 1 atom stereocenters. The first-order valence-electron chi connectivity index (χ1n) is 30.1. The molecule has 1 unspecified atom stereocenters. The van der Waals surface area contributed by atoms with Crippen LogP contribution in [0, 0.1) is 0 Å². The summed E-state index contributed by atoms with van der Waals surface area (Å²) in [5.74, 6) is -0.967. The summed E-state index contributed by atoms with van der Waals surface area (Å²) in [6.45, 7) is 6.56. The molecule has 0 radical (unpaired) electrons. The Labute approximate surface area is 439 Å². The summed E-state index contributed by atoms with van der Waals surface area (Å²) in [6.07, 6.45) is 77.2. The third-order valence-electron chi connectivity index (χ3n) is 12.9. The lowest BCUT2D eigenvalue weighted by molar-refractivity contribution is -0.167. The van der Waals surface area contributed by atoms with Gasteiger partial charge in [0.1, 0.15) is 13.2 Å². The molecule has 0 bridgehead atoms. The number of hydrogen-bond acceptors (Lipinski definition) is 6. The molecule has 0 amide bonds. The summed E-state index contributed by atoms with van der Waals surface area (Å²) in [4.78, 5) is 38.2. The van der Waals surface area contributed by atoms with Gasteiger partial charge in [0.15, 0.2) is 6.10 Å². The fourth-order valence-corrected chi connectivity index (χ4v) is 8.38. The predicted octanol–water partition coefficient (Wildman–Crippen LogP) is 20.3. The molecule has 6 nitrogen and oxygen atoms in total. The van der Waals surface area contributed by atoms with E-state index in [0.29, 0.717) is 19.3 Å². The standard InChI is InChI=1S/C65H112O6/c1-4-7-10-13-16-19-22-25-28-31-34-37-40-43-46-49-52-55-58-64(67)70-61-62(60-69-63(66)57-54-51-48-45-42-39-36-33-30-27-24-21-18-15-12-9-6-3)71-65(68)59-56-53-50-47-44-41-38-35-32-29-26-23-20-17-14-11-8-5-2/h18,21-22,25,27-28,30-31,34,36-37,39,45,48,62H,4-17,19-20,23-24,26,29,32-33,35,38,40-44,46-47,49-61H2,1-3H3/b21-18-,25-22-,30-27-,31-28-,37-34-,39-36-,48-45-. The molecule has 0 spiro atoms. The molecule has 0 aliphatic carbocycles. The molecular formula is C65H112O6. The van der Waals surface area contributed by atoms with Crippen LogP contribution in [0.2, 0.25) is 0 Å². The minimum Gasteiger partial charge on any atom is -0.462 e. The number of carbonyl (C=O) groups is 3. The molecule has 71 heavy (non-hydrogen) atoms. The topological polar surface area (TPSA) is 78.9 Å². The molecule has 0 rings (SSSR count). The number of carbonyl (C=O) groups excluding carboxylic acids is 3. The maximum Gasteiger partial charge on any atom is 0.306 e. The van der Waals surface area contributed by atoms with E-state index in [1.807, 2.05) is 0 Å². The molecule has 0 aromatic rings. The highest BCUT2D eigenvalue weighted by Crippen LogP contribution is 2.16. The average molecular weight is 990 g/mol. The Kier molecular flexibility index (Phi) is 56.3. The van der Waals surface area contributed by atoms with Gasteiger partial charge in [0.2, 0.25) is 0 Å². The van der Waals surface area contributed by atoms with Crippen molar-refractivity contribution in [2.24, 2.45) is 0 Å². The van der Waals surface area contributed by atoms with Crippen molar-refractivity contribution >= 4 is 17.9 Å². The van der Waals surface area contributed by atoms with Crippen molar-refractivity contribution in [1.29, 1.82) is 0 Å². The Morgan fingerprint density at radius 2 is 0.577 bits per heavy atom. The molecular weight excluding hydrogens is 877 g/mol. The van der Waals surface area contributed by atoms with E-state index in [2.05, 4.69) is 106 Å². The van der Waals surface area contributed by atoms with Crippen LogP contribution in [0.25, 0.3) is 0 Å². The first kappa shape index (κ1) is 67.6. The van der Waals surface area contributed by atoms with Crippen LogP contribution in [0.15, 0.2) is 85.1 Å². The van der Waals surface area contributed by atoms with Gasteiger partial charge in [0.05, 0.1) is 0 Å². The molecule has 0 aliphatic rings. The minimum absolute atomic E-state index is 0.102. The Morgan fingerprint density at radius 3 is 0.986 bits per heavy atom. The van der Waals surface area contributed by atoms with E-state index in [9.17, 15) is 14.4 Å². The largest absolute Gasteiger partial charge is 0.462 e. The van der Waals surface area contributed by atoms with Crippen LogP contribution in [0.5, 0.6) is 0 Å². The van der Waals surface area contributed by atoms with Gasteiger partial charge in [-0.3, -0.25) is 14.4 Å². The molecule has 0 aliphatic heterocycles. The fraction of sp³-hybridized carbons (Fsp3) is 0.738. The summed E-state index contributed by atoms with van der Waals surface area (Å²) < 4.78 is 16.8. The van der Waals surface area contributed by atoms with Crippen molar-refractivity contribution in [3.8, 4) is 0 Å². The lowest BCUT2D eigenvalue weighted by Gasteiger charge is -2.18. The van der Waals surface area contributed by atoms with Gasteiger partial charge < -0.3 is 14.2 Å². The summed E-state index contributed by atoms with van der Waals surface area (Å²) in [7, 11) is 0. The highest BCUT2D eigenvalue weighted by molar-refractivity contribution is 5.71. The van der Waals surface area contributed by atoms with Crippen LogP contribution in [-0.2, 0) is 28.6 Å². The lowest BCUT2D eigenvalue weighted by atomic mass is 10.0. The Hall–Kier alpha value is -3.41. The molecule has 408 valence electrons. The molecule has 0 fully saturated rings. The Bertz CT molecular complexity index is 1370. The maximum absolute atomic E-state index is 12.9. The fourth-order valence-electron chi connectivity index (χ4n) is 8.38. The van der Waals surface area contributed by atoms with E-state index < -0.39 is 6.10 Å². The smallest absolute Gasteiger partial charge is 0.306 e. The molecule has 0 saturated carbocycles. The van der Waals surface area contributed by atoms with E-state index in [0.717, 1.165) is 89.9 Å². The molecule has 0 saturated heterocycles. The van der Waals surface area contributed by atoms with Gasteiger partial charge in [0, 0.05) is 19.3 Å². The zero-order valence-corrected chi connectivity index (χ0v) is 46.7. The Morgan fingerprint density at radius 1 is 0.296 bits per heavy atom. The SMILES string of the molecule is CCCCC/C=C\C/C=C\C/C=C\C/C=C\CCCC(=O)OCC(COC(=O)CCCCCCC\C=C/C=C\C=C/CCCCCCC)OC(=O)CCCCCCCCCCCCCCCCCCCC. The van der Waals surface area contributed by atoms with Crippen LogP contribution in [-0.4, -0.2) is 37.2 Å². The summed E-state index contributed by atoms with van der Waals surface area (Å²) in [5.41, 5.74) is 0. The van der Waals surface area contributed by atoms with Gasteiger partial charge in [-0.25, -0.2) is 0 Å². The zero-order valence-electron chi connectivity index (χ0n) is 46.7. The van der Waals surface area contributed by atoms with Crippen LogP contribution in [0.3, 0.4) is 0 Å². The predicted molar refractivity (Wildman–Crippen MR) is 307 cm³/mol. The summed E-state index contributed by atoms with van der Waals surface area (Å²) in [5, 5.41) is 0. The van der Waals surface area contributed by atoms with Crippen molar-refractivity contribution in [3.63, 3.8) is 0 Å². The zero-order chi connectivity index (χ0) is 51.4. The average Bonchev–Trinajstić information content (AvgIpc) is 3.37. The van der Waals surface area contributed by atoms with Crippen molar-refractivity contribution in [2.45, 2.75) is 297 Å². The van der Waals surface area contributed by atoms with Crippen molar-refractivity contribution in [2.75, 3.05) is 13.2 Å². The van der Waals surface area contributed by atoms with Crippen LogP contribution >= 0.6 is 0 Å². The van der Waals surface area contributed by atoms with Gasteiger partial charge >= 0.3 is 17.9 Å². The second-order valence-corrected chi connectivity index (χ2v) is 20.0. The number of rotatable bonds is 54. The number of hydrogen-bond donors (Lipinski definition) is 0. The lowest BCUT2D eigenvalue weighted by Crippen LogP contribution is -2.30. The van der Waals surface area contributed by atoms with Crippen molar-refractivity contribution in [3.05, 3.63) is 85.1 Å². The van der Waals surface area contributed by atoms with Crippen LogP contribution in [0.1, 0.15) is 290 Å². The third kappa shape index (κ3) is 57.4. The van der Waals surface area contributed by atoms with E-state index in [4.69, 9.17) is 14.2 Å². The minimum atomic E-state index is -0.807. The van der Waals surface area contributed by atoms with Crippen molar-refractivity contribution < 1.29 is 28.6 Å². The van der Waals surface area contributed by atoms with E-state index in [-0.39, 0.29) is 37.5 Å². The van der Waals surface area contributed by atoms with E-state index >= 15 is 0 Å². The highest BCUT2D eigenvalue weighted by Gasteiger charge is 2.19. The molecule has 6 heteroatoms. The normalized spacial score (nSPS) is 12.7. The molecule has 0 heterocycles.